The van der Waals surface area contributed by atoms with E-state index in [1.54, 1.807) is 7.05 Å². The van der Waals surface area contributed by atoms with Crippen molar-refractivity contribution in [3.63, 3.8) is 0 Å². The predicted molar refractivity (Wildman–Crippen MR) is 134 cm³/mol. The molecule has 31 heavy (non-hydrogen) atoms. The molecule has 1 amide bonds. The molecule has 7 nitrogen and oxygen atoms in total. The van der Waals surface area contributed by atoms with Gasteiger partial charge in [-0.1, -0.05) is 38.3 Å². The van der Waals surface area contributed by atoms with Gasteiger partial charge in [0, 0.05) is 38.3 Å². The van der Waals surface area contributed by atoms with Crippen molar-refractivity contribution in [3.8, 4) is 0 Å². The summed E-state index contributed by atoms with van der Waals surface area (Å²) in [5.41, 5.74) is 1.90. The number of ether oxygens (including phenoxy) is 1. The van der Waals surface area contributed by atoms with Gasteiger partial charge >= 0.3 is 5.97 Å². The molecule has 1 saturated carbocycles. The van der Waals surface area contributed by atoms with Crippen LogP contribution in [0.5, 0.6) is 0 Å². The van der Waals surface area contributed by atoms with Crippen LogP contribution in [0.1, 0.15) is 44.6 Å². The number of anilines is 1. The second kappa shape index (κ2) is 12.3. The Bertz CT molecular complexity index is 780. The molecule has 0 bridgehead atoms. The van der Waals surface area contributed by atoms with E-state index in [0.29, 0.717) is 13.1 Å². The highest BCUT2D eigenvalue weighted by Gasteiger charge is 2.36. The van der Waals surface area contributed by atoms with Gasteiger partial charge in [-0.25, -0.2) is 0 Å². The number of methoxy groups -OCH3 is 1. The lowest BCUT2D eigenvalue weighted by Gasteiger charge is -2.22. The van der Waals surface area contributed by atoms with Crippen LogP contribution in [0.25, 0.3) is 0 Å². The molecule has 1 aromatic carbocycles. The fraction of sp³-hybridized carbons (Fsp3) is 0.609. The summed E-state index contributed by atoms with van der Waals surface area (Å²) < 4.78 is 4.92. The number of halogens is 1. The van der Waals surface area contributed by atoms with Crippen LogP contribution < -0.4 is 10.6 Å². The van der Waals surface area contributed by atoms with Crippen LogP contribution in [0.3, 0.4) is 0 Å². The number of carbonyl (C=O) groups excluding carboxylic acids is 2. The molecule has 0 radical (unpaired) electrons. The lowest BCUT2D eigenvalue weighted by atomic mass is 9.88. The Morgan fingerprint density at radius 2 is 1.94 bits per heavy atom. The molecule has 1 aliphatic carbocycles. The summed E-state index contributed by atoms with van der Waals surface area (Å²) in [5.74, 6) is 0.961. The van der Waals surface area contributed by atoms with Crippen molar-refractivity contribution in [2.45, 2.75) is 45.6 Å². The number of nitrogens with one attached hydrogen (secondary N) is 2. The van der Waals surface area contributed by atoms with Crippen molar-refractivity contribution in [1.82, 2.24) is 10.2 Å². The van der Waals surface area contributed by atoms with Crippen LogP contribution in [0.15, 0.2) is 29.3 Å². The molecule has 3 rings (SSSR count). The molecule has 2 aliphatic rings. The number of carbonyl (C=O) groups is 2. The minimum atomic E-state index is -0.165. The number of hydrogen-bond donors (Lipinski definition) is 2. The Labute approximate surface area is 202 Å². The Balaban J connectivity index is 0.00000341. The third kappa shape index (κ3) is 6.82. The molecule has 2 atom stereocenters. The molecule has 0 aromatic heterocycles. The summed E-state index contributed by atoms with van der Waals surface area (Å²) in [4.78, 5) is 31.0. The summed E-state index contributed by atoms with van der Waals surface area (Å²) in [5, 5.41) is 6.46. The van der Waals surface area contributed by atoms with E-state index in [1.165, 1.54) is 13.5 Å². The molecule has 1 aromatic rings. The van der Waals surface area contributed by atoms with E-state index < -0.39 is 0 Å². The van der Waals surface area contributed by atoms with Crippen LogP contribution in [0.4, 0.5) is 5.69 Å². The van der Waals surface area contributed by atoms with Crippen LogP contribution >= 0.6 is 24.0 Å². The highest BCUT2D eigenvalue weighted by Crippen LogP contribution is 2.26. The number of amides is 1. The van der Waals surface area contributed by atoms with Crippen LogP contribution in [0, 0.1) is 17.8 Å². The van der Waals surface area contributed by atoms with Gasteiger partial charge < -0.3 is 20.3 Å². The number of guanidine groups is 1. The van der Waals surface area contributed by atoms with Gasteiger partial charge in [0.15, 0.2) is 5.96 Å². The first kappa shape index (κ1) is 25.4. The van der Waals surface area contributed by atoms with Gasteiger partial charge in [0.25, 0.3) is 0 Å². The lowest BCUT2D eigenvalue weighted by molar-refractivity contribution is -0.146. The average molecular weight is 542 g/mol. The number of nitrogens with zero attached hydrogens (tertiary/aromatic N) is 2. The fourth-order valence-electron chi connectivity index (χ4n) is 4.48. The van der Waals surface area contributed by atoms with Gasteiger partial charge in [0.2, 0.25) is 5.91 Å². The SMILES string of the molecule is CN=C(NCc1cccc(NC(=O)C2CCCCC2)c1)N1CC(C)C(C(=O)OC)C1.I. The third-order valence-corrected chi connectivity index (χ3v) is 6.25. The number of hydrogen-bond acceptors (Lipinski definition) is 4. The standard InChI is InChI=1S/C23H34N4O3.HI/c1-16-14-27(15-20(16)22(29)30-3)23(24-2)25-13-17-8-7-11-19(12-17)26-21(28)18-9-5-4-6-10-18;/h7-8,11-12,16,18,20H,4-6,9-10,13-15H2,1-3H3,(H,24,25)(H,26,28);1H. The van der Waals surface area contributed by atoms with E-state index in [4.69, 9.17) is 4.74 Å². The topological polar surface area (TPSA) is 83.0 Å². The van der Waals surface area contributed by atoms with Crippen molar-refractivity contribution in [3.05, 3.63) is 29.8 Å². The van der Waals surface area contributed by atoms with Crippen molar-refractivity contribution < 1.29 is 14.3 Å². The van der Waals surface area contributed by atoms with Gasteiger partial charge in [-0.05, 0) is 36.5 Å². The molecule has 1 saturated heterocycles. The summed E-state index contributed by atoms with van der Waals surface area (Å²) in [6.07, 6.45) is 5.51. The van der Waals surface area contributed by atoms with Gasteiger partial charge in [0.1, 0.15) is 0 Å². The predicted octanol–water partition coefficient (Wildman–Crippen LogP) is 3.64. The van der Waals surface area contributed by atoms with Gasteiger partial charge in [-0.2, -0.15) is 0 Å². The minimum Gasteiger partial charge on any atom is -0.469 e. The first-order valence-corrected chi connectivity index (χ1v) is 10.9. The molecule has 2 fully saturated rings. The molecule has 1 heterocycles. The Kier molecular flexibility index (Phi) is 10.1. The van der Waals surface area contributed by atoms with Crippen LogP contribution in [-0.4, -0.2) is 50.0 Å². The number of aliphatic imine (C=N–C) groups is 1. The first-order chi connectivity index (χ1) is 14.5. The quantitative estimate of drug-likeness (QED) is 0.257. The Hall–Kier alpha value is -1.84. The van der Waals surface area contributed by atoms with Crippen molar-refractivity contribution in [1.29, 1.82) is 0 Å². The normalized spacial score (nSPS) is 21.9. The zero-order valence-electron chi connectivity index (χ0n) is 18.7. The van der Waals surface area contributed by atoms with Crippen LogP contribution in [-0.2, 0) is 20.9 Å². The monoisotopic (exact) mass is 542 g/mol. The van der Waals surface area contributed by atoms with E-state index >= 15 is 0 Å². The van der Waals surface area contributed by atoms with Gasteiger partial charge in [0.05, 0.1) is 13.0 Å². The molecule has 2 N–H and O–H groups in total. The summed E-state index contributed by atoms with van der Waals surface area (Å²) >= 11 is 0. The van der Waals surface area contributed by atoms with Gasteiger partial charge in [-0.3, -0.25) is 14.6 Å². The molecule has 2 unspecified atom stereocenters. The van der Waals surface area contributed by atoms with Crippen molar-refractivity contribution in [2.24, 2.45) is 22.7 Å². The fourth-order valence-corrected chi connectivity index (χ4v) is 4.48. The van der Waals surface area contributed by atoms with Crippen molar-refractivity contribution >= 4 is 47.5 Å². The number of benzene rings is 1. The van der Waals surface area contributed by atoms with Crippen molar-refractivity contribution in [2.75, 3.05) is 32.6 Å². The molecule has 0 spiro atoms. The van der Waals surface area contributed by atoms with E-state index in [9.17, 15) is 9.59 Å². The summed E-state index contributed by atoms with van der Waals surface area (Å²) in [6.45, 7) is 4.02. The third-order valence-electron chi connectivity index (χ3n) is 6.25. The lowest BCUT2D eigenvalue weighted by Crippen LogP contribution is -2.40. The number of rotatable bonds is 5. The number of likely N-dealkylation sites (tertiary alicyclic amines) is 1. The molecule has 8 heteroatoms. The Morgan fingerprint density at radius 3 is 2.61 bits per heavy atom. The maximum absolute atomic E-state index is 12.5. The van der Waals surface area contributed by atoms with E-state index in [1.807, 2.05) is 24.3 Å². The number of esters is 1. The second-order valence-electron chi connectivity index (χ2n) is 8.44. The highest BCUT2D eigenvalue weighted by molar-refractivity contribution is 14.0. The second-order valence-corrected chi connectivity index (χ2v) is 8.44. The average Bonchev–Trinajstić information content (AvgIpc) is 3.16. The molecular formula is C23H35IN4O3. The Morgan fingerprint density at radius 1 is 1.19 bits per heavy atom. The van der Waals surface area contributed by atoms with E-state index in [-0.39, 0.29) is 53.6 Å². The highest BCUT2D eigenvalue weighted by atomic mass is 127. The summed E-state index contributed by atoms with van der Waals surface area (Å²) in [6, 6.07) is 7.93. The largest absolute Gasteiger partial charge is 0.469 e. The maximum atomic E-state index is 12.5. The minimum absolute atomic E-state index is 0. The smallest absolute Gasteiger partial charge is 0.310 e. The zero-order valence-corrected chi connectivity index (χ0v) is 21.1. The molecule has 1 aliphatic heterocycles. The summed E-state index contributed by atoms with van der Waals surface area (Å²) in [7, 11) is 3.18. The van der Waals surface area contributed by atoms with E-state index in [2.05, 4.69) is 27.4 Å². The maximum Gasteiger partial charge on any atom is 0.310 e. The molecular weight excluding hydrogens is 507 g/mol. The van der Waals surface area contributed by atoms with Crippen LogP contribution in [0.2, 0.25) is 0 Å². The van der Waals surface area contributed by atoms with E-state index in [0.717, 1.165) is 49.4 Å². The van der Waals surface area contributed by atoms with Gasteiger partial charge in [-0.15, -0.1) is 24.0 Å². The zero-order chi connectivity index (χ0) is 21.5. The molecule has 172 valence electrons. The first-order valence-electron chi connectivity index (χ1n) is 10.9.